The van der Waals surface area contributed by atoms with E-state index >= 15 is 0 Å². The number of hydrogen-bond acceptors (Lipinski definition) is 5. The molecule has 0 aliphatic carbocycles. The first-order valence-electron chi connectivity index (χ1n) is 10.5. The lowest BCUT2D eigenvalue weighted by Crippen LogP contribution is -2.51. The molecule has 9 heteroatoms. The quantitative estimate of drug-likeness (QED) is 0.433. The summed E-state index contributed by atoms with van der Waals surface area (Å²) in [7, 11) is 1.36. The zero-order chi connectivity index (χ0) is 23.3. The largest absolute Gasteiger partial charge is 0.469 e. The molecular weight excluding hydrogens is 430 g/mol. The zero-order valence-electron chi connectivity index (χ0n) is 18.5. The van der Waals surface area contributed by atoms with Crippen molar-refractivity contribution in [3.05, 3.63) is 59.2 Å². The summed E-state index contributed by atoms with van der Waals surface area (Å²) in [5.41, 5.74) is 3.42. The summed E-state index contributed by atoms with van der Waals surface area (Å²) in [4.78, 5) is 24.3. The maximum Gasteiger partial charge on any atom is 0.305 e. The average molecular weight is 460 g/mol. The second-order valence-corrected chi connectivity index (χ2v) is 8.82. The van der Waals surface area contributed by atoms with Gasteiger partial charge in [-0.2, -0.15) is 0 Å². The first-order valence-corrected chi connectivity index (χ1v) is 11.5. The fourth-order valence-corrected chi connectivity index (χ4v) is 4.65. The molecule has 172 valence electrons. The fraction of sp³-hybridized carbons (Fsp3) is 0.391. The van der Waals surface area contributed by atoms with Gasteiger partial charge in [0.2, 0.25) is 0 Å². The molecule has 0 radical (unpaired) electrons. The second kappa shape index (κ2) is 10.7. The number of piperidine rings is 1. The Balaban J connectivity index is 1.77. The lowest BCUT2D eigenvalue weighted by molar-refractivity contribution is -0.142. The number of anilines is 2. The minimum absolute atomic E-state index is 0.0634. The van der Waals surface area contributed by atoms with Gasteiger partial charge in [0.1, 0.15) is 0 Å². The highest BCUT2D eigenvalue weighted by atomic mass is 32.2. The molecule has 1 heterocycles. The summed E-state index contributed by atoms with van der Waals surface area (Å²) >= 11 is -2.27. The predicted molar refractivity (Wildman–Crippen MR) is 125 cm³/mol. The summed E-state index contributed by atoms with van der Waals surface area (Å²) in [5.74, 6) is -0.424. The number of benzene rings is 2. The standard InChI is InChI=1S/C23H29N3O5S/c1-15-6-4-5-7-19(15)23(28)25-20-9-8-18(12-16(20)2)26(32(29)30)21-13-17(10-11-24-21)14-22(27)31-3/h4-9,12,17,21,24H,10-11,13-14H2,1-3H3,(H,25,28)(H,29,30). The normalized spacial score (nSPS) is 19.1. The molecule has 1 fully saturated rings. The third kappa shape index (κ3) is 5.73. The van der Waals surface area contributed by atoms with Crippen LogP contribution >= 0.6 is 0 Å². The number of hydrogen-bond donors (Lipinski definition) is 3. The molecule has 3 N–H and O–H groups in total. The van der Waals surface area contributed by atoms with Gasteiger partial charge in [-0.25, -0.2) is 4.21 Å². The van der Waals surface area contributed by atoms with E-state index in [-0.39, 0.29) is 24.2 Å². The van der Waals surface area contributed by atoms with E-state index in [0.717, 1.165) is 17.5 Å². The van der Waals surface area contributed by atoms with E-state index < -0.39 is 17.4 Å². The smallest absolute Gasteiger partial charge is 0.305 e. The number of carbonyl (C=O) groups is 2. The average Bonchev–Trinajstić information content (AvgIpc) is 2.76. The minimum atomic E-state index is -2.27. The Morgan fingerprint density at radius 1 is 1.22 bits per heavy atom. The van der Waals surface area contributed by atoms with Gasteiger partial charge in [0.05, 0.1) is 19.0 Å². The summed E-state index contributed by atoms with van der Waals surface area (Å²) in [6.45, 7) is 4.34. The van der Waals surface area contributed by atoms with Gasteiger partial charge in [0.15, 0.2) is 0 Å². The number of ether oxygens (including phenoxy) is 1. The topological polar surface area (TPSA) is 108 Å². The summed E-state index contributed by atoms with van der Waals surface area (Å²) in [6, 6.07) is 12.6. The number of aryl methyl sites for hydroxylation is 2. The highest BCUT2D eigenvalue weighted by Crippen LogP contribution is 2.29. The van der Waals surface area contributed by atoms with Crippen molar-refractivity contribution >= 4 is 34.5 Å². The van der Waals surface area contributed by atoms with Gasteiger partial charge in [-0.15, -0.1) is 0 Å². The van der Waals surface area contributed by atoms with Gasteiger partial charge < -0.3 is 10.1 Å². The third-order valence-electron chi connectivity index (χ3n) is 5.73. The van der Waals surface area contributed by atoms with Crippen molar-refractivity contribution in [1.82, 2.24) is 5.32 Å². The van der Waals surface area contributed by atoms with Crippen LogP contribution in [0, 0.1) is 19.8 Å². The Morgan fingerprint density at radius 3 is 2.62 bits per heavy atom. The van der Waals surface area contributed by atoms with Gasteiger partial charge in [-0.1, -0.05) is 18.2 Å². The van der Waals surface area contributed by atoms with Gasteiger partial charge in [-0.3, -0.25) is 23.8 Å². The van der Waals surface area contributed by atoms with Crippen LogP contribution < -0.4 is 14.9 Å². The fourth-order valence-electron chi connectivity index (χ4n) is 3.98. The molecule has 1 amide bonds. The van der Waals surface area contributed by atoms with Crippen molar-refractivity contribution in [1.29, 1.82) is 0 Å². The molecule has 32 heavy (non-hydrogen) atoms. The molecule has 0 saturated carbocycles. The minimum Gasteiger partial charge on any atom is -0.469 e. The molecule has 2 aromatic rings. The summed E-state index contributed by atoms with van der Waals surface area (Å²) < 4.78 is 28.4. The number of nitrogens with zero attached hydrogens (tertiary/aromatic N) is 1. The molecular formula is C23H29N3O5S. The second-order valence-electron chi connectivity index (χ2n) is 7.97. The maximum atomic E-state index is 12.7. The lowest BCUT2D eigenvalue weighted by atomic mass is 9.92. The van der Waals surface area contributed by atoms with Gasteiger partial charge in [0, 0.05) is 17.7 Å². The van der Waals surface area contributed by atoms with Crippen LogP contribution in [0.15, 0.2) is 42.5 Å². The highest BCUT2D eigenvalue weighted by molar-refractivity contribution is 7.80. The molecule has 1 aliphatic rings. The van der Waals surface area contributed by atoms with E-state index in [1.807, 2.05) is 32.0 Å². The Kier molecular flexibility index (Phi) is 8.00. The van der Waals surface area contributed by atoms with E-state index in [2.05, 4.69) is 10.6 Å². The van der Waals surface area contributed by atoms with Gasteiger partial charge >= 0.3 is 5.97 Å². The van der Waals surface area contributed by atoms with Crippen molar-refractivity contribution in [2.45, 2.75) is 39.3 Å². The Morgan fingerprint density at radius 2 is 1.97 bits per heavy atom. The predicted octanol–water partition coefficient (Wildman–Crippen LogP) is 3.39. The number of nitrogens with one attached hydrogen (secondary N) is 2. The van der Waals surface area contributed by atoms with Gasteiger partial charge in [-0.05, 0) is 74.5 Å². The van der Waals surface area contributed by atoms with Crippen LogP contribution in [0.25, 0.3) is 0 Å². The summed E-state index contributed by atoms with van der Waals surface area (Å²) in [6.07, 6.45) is 1.20. The highest BCUT2D eigenvalue weighted by Gasteiger charge is 2.31. The van der Waals surface area contributed by atoms with Crippen LogP contribution in [0.1, 0.15) is 40.7 Å². The van der Waals surface area contributed by atoms with E-state index in [4.69, 9.17) is 4.74 Å². The van der Waals surface area contributed by atoms with Crippen LogP contribution in [0.2, 0.25) is 0 Å². The van der Waals surface area contributed by atoms with Crippen molar-refractivity contribution in [2.75, 3.05) is 23.3 Å². The molecule has 0 aromatic heterocycles. The molecule has 1 saturated heterocycles. The van der Waals surface area contributed by atoms with E-state index in [1.54, 1.807) is 24.3 Å². The lowest BCUT2D eigenvalue weighted by Gasteiger charge is -2.37. The SMILES string of the molecule is COC(=O)CC1CCNC(N(c2ccc(NC(=O)c3ccccc3C)c(C)c2)S(=O)O)C1. The number of esters is 1. The first kappa shape index (κ1) is 23.9. The molecule has 3 atom stereocenters. The van der Waals surface area contributed by atoms with E-state index in [9.17, 15) is 18.4 Å². The molecule has 0 spiro atoms. The van der Waals surface area contributed by atoms with Crippen molar-refractivity contribution in [3.8, 4) is 0 Å². The maximum absolute atomic E-state index is 12.7. The van der Waals surface area contributed by atoms with E-state index in [0.29, 0.717) is 29.9 Å². The Labute approximate surface area is 190 Å². The van der Waals surface area contributed by atoms with Crippen molar-refractivity contribution in [2.24, 2.45) is 5.92 Å². The third-order valence-corrected chi connectivity index (χ3v) is 6.53. The molecule has 8 nitrogen and oxygen atoms in total. The van der Waals surface area contributed by atoms with E-state index in [1.165, 1.54) is 11.4 Å². The van der Waals surface area contributed by atoms with Crippen molar-refractivity contribution in [3.63, 3.8) is 0 Å². The zero-order valence-corrected chi connectivity index (χ0v) is 19.3. The molecule has 2 aromatic carbocycles. The molecule has 3 rings (SSSR count). The van der Waals surface area contributed by atoms with Gasteiger partial charge in [0.25, 0.3) is 17.2 Å². The summed E-state index contributed by atoms with van der Waals surface area (Å²) in [5, 5.41) is 6.18. The Hall–Kier alpha value is -2.75. The van der Waals surface area contributed by atoms with Crippen molar-refractivity contribution < 1.29 is 23.1 Å². The van der Waals surface area contributed by atoms with Crippen LogP contribution in [-0.2, 0) is 20.8 Å². The number of methoxy groups -OCH3 is 1. The molecule has 0 bridgehead atoms. The van der Waals surface area contributed by atoms with Crippen LogP contribution in [-0.4, -0.2) is 40.5 Å². The Bertz CT molecular complexity index is 1010. The first-order chi connectivity index (χ1) is 15.3. The number of amides is 1. The monoisotopic (exact) mass is 459 g/mol. The number of rotatable bonds is 7. The molecule has 3 unspecified atom stereocenters. The van der Waals surface area contributed by atoms with Crippen LogP contribution in [0.5, 0.6) is 0 Å². The van der Waals surface area contributed by atoms with Crippen LogP contribution in [0.4, 0.5) is 11.4 Å². The van der Waals surface area contributed by atoms with Crippen LogP contribution in [0.3, 0.4) is 0 Å². The number of carbonyl (C=O) groups excluding carboxylic acids is 2. The molecule has 1 aliphatic heterocycles.